The van der Waals surface area contributed by atoms with Gasteiger partial charge in [-0.1, -0.05) is 29.3 Å². The monoisotopic (exact) mass is 705 g/mol. The van der Waals surface area contributed by atoms with Crippen molar-refractivity contribution in [2.24, 2.45) is 5.41 Å². The highest BCUT2D eigenvalue weighted by Crippen LogP contribution is 2.37. The fraction of sp³-hybridized carbons (Fsp3) is 0.500. The lowest BCUT2D eigenvalue weighted by molar-refractivity contribution is -0.165. The molecule has 1 saturated heterocycles. The number of hydrogen-bond donors (Lipinski definition) is 3. The second kappa shape index (κ2) is 14.7. The molecule has 252 valence electrons. The van der Waals surface area contributed by atoms with Crippen LogP contribution in [0.15, 0.2) is 29.5 Å². The molecule has 1 aromatic rings. The molecule has 2 aliphatic rings. The molecule has 46 heavy (non-hydrogen) atoms. The number of carboxylic acid groups (broad SMARTS) is 1. The zero-order valence-electron chi connectivity index (χ0n) is 25.3. The minimum Gasteiger partial charge on any atom is -0.477 e. The van der Waals surface area contributed by atoms with E-state index in [2.05, 4.69) is 10.6 Å². The van der Waals surface area contributed by atoms with E-state index >= 15 is 0 Å². The molecule has 0 saturated carbocycles. The number of β-lactam (4-membered cyclic amide) rings is 1. The molecule has 0 aromatic heterocycles. The molecule has 3 amide bonds. The lowest BCUT2D eigenvalue weighted by Crippen LogP contribution is -2.75. The molecule has 0 aliphatic carbocycles. The molecule has 3 atom stereocenters. The van der Waals surface area contributed by atoms with Crippen LogP contribution in [0, 0.1) is 5.41 Å². The van der Waals surface area contributed by atoms with E-state index in [0.717, 1.165) is 6.92 Å². The number of esters is 2. The van der Waals surface area contributed by atoms with Crippen molar-refractivity contribution in [1.29, 1.82) is 0 Å². The third-order valence-electron chi connectivity index (χ3n) is 6.75. The molecule has 15 nitrogen and oxygen atoms in total. The summed E-state index contributed by atoms with van der Waals surface area (Å²) in [6.45, 7) is 4.86. The van der Waals surface area contributed by atoms with Crippen LogP contribution in [0.1, 0.15) is 46.1 Å². The van der Waals surface area contributed by atoms with Crippen molar-refractivity contribution in [1.82, 2.24) is 15.5 Å². The number of aliphatic carboxylic acids is 1. The van der Waals surface area contributed by atoms with E-state index in [9.17, 15) is 42.3 Å². The normalized spacial score (nSPS) is 19.3. The van der Waals surface area contributed by atoms with Crippen LogP contribution < -0.4 is 10.6 Å². The fourth-order valence-electron chi connectivity index (χ4n) is 4.43. The van der Waals surface area contributed by atoms with Gasteiger partial charge in [0.05, 0.1) is 11.2 Å². The maximum absolute atomic E-state index is 13.3. The number of alkyl carbamates (subject to hydrolysis) is 1. The van der Waals surface area contributed by atoms with Crippen molar-refractivity contribution in [2.45, 2.75) is 64.7 Å². The van der Waals surface area contributed by atoms with E-state index < -0.39 is 86.6 Å². The summed E-state index contributed by atoms with van der Waals surface area (Å²) in [5.41, 5.74) is -1.48. The quantitative estimate of drug-likeness (QED) is 0.123. The van der Waals surface area contributed by atoms with Gasteiger partial charge in [-0.3, -0.25) is 24.1 Å². The minimum absolute atomic E-state index is 0.0188. The van der Waals surface area contributed by atoms with Gasteiger partial charge in [0.1, 0.15) is 25.0 Å². The van der Waals surface area contributed by atoms with Gasteiger partial charge in [0.2, 0.25) is 0 Å². The van der Waals surface area contributed by atoms with E-state index in [1.54, 1.807) is 32.9 Å². The molecular formula is C28H33Cl2N3O12S. The van der Waals surface area contributed by atoms with Gasteiger partial charge < -0.3 is 30.0 Å². The van der Waals surface area contributed by atoms with Crippen LogP contribution in [0.2, 0.25) is 10.0 Å². The van der Waals surface area contributed by atoms with Crippen molar-refractivity contribution >= 4 is 68.9 Å². The largest absolute Gasteiger partial charge is 0.477 e. The number of fused-ring (bicyclic) bond motifs is 1. The smallest absolute Gasteiger partial charge is 0.407 e. The van der Waals surface area contributed by atoms with Gasteiger partial charge in [0, 0.05) is 34.7 Å². The van der Waals surface area contributed by atoms with Crippen LogP contribution in [0.3, 0.4) is 0 Å². The summed E-state index contributed by atoms with van der Waals surface area (Å²) in [7, 11) is -4.25. The lowest BCUT2D eigenvalue weighted by Gasteiger charge is -2.49. The Kier molecular flexibility index (Phi) is 11.7. The summed E-state index contributed by atoms with van der Waals surface area (Å²) in [6, 6.07) is 2.99. The average molecular weight is 707 g/mol. The zero-order chi connectivity index (χ0) is 34.6. The summed E-state index contributed by atoms with van der Waals surface area (Å²) < 4.78 is 41.4. The standard InChI is InChI=1S/C28H33Cl2N3O12S/c1-14(34)43-12-16-13-46(41,42)24-20(23(36)33(24)21(16)25(37)38)32-22(35)19(45-26(39)28(2,3)4)6-5-9-31-27(40)44-11-15-7-8-17(29)10-18(15)30/h7-8,10,19-20,24H,5-6,9,11-13H2,1-4H3,(H,31,40)(H,32,35)(H,37,38)/t19-,20-,24-/m0/s1. The van der Waals surface area contributed by atoms with Gasteiger partial charge in [-0.25, -0.2) is 18.0 Å². The summed E-state index contributed by atoms with van der Waals surface area (Å²) in [4.78, 5) is 74.7. The lowest BCUT2D eigenvalue weighted by atomic mass is 9.97. The number of carbonyl (C=O) groups is 6. The van der Waals surface area contributed by atoms with Crippen LogP contribution in [0.25, 0.3) is 0 Å². The van der Waals surface area contributed by atoms with Crippen molar-refractivity contribution in [3.63, 3.8) is 0 Å². The number of rotatable bonds is 12. The van der Waals surface area contributed by atoms with Gasteiger partial charge in [0.25, 0.3) is 11.8 Å². The Morgan fingerprint density at radius 3 is 2.37 bits per heavy atom. The highest BCUT2D eigenvalue weighted by molar-refractivity contribution is 7.92. The third kappa shape index (κ3) is 8.88. The summed E-state index contributed by atoms with van der Waals surface area (Å²) >= 11 is 11.9. The van der Waals surface area contributed by atoms with Gasteiger partial charge in [-0.05, 0) is 45.7 Å². The molecule has 2 aliphatic heterocycles. The fourth-order valence-corrected chi connectivity index (χ4v) is 6.90. The Morgan fingerprint density at radius 2 is 1.78 bits per heavy atom. The van der Waals surface area contributed by atoms with E-state index in [0.29, 0.717) is 20.5 Å². The summed E-state index contributed by atoms with van der Waals surface area (Å²) in [5, 5.41) is 13.4. The first-order valence-electron chi connectivity index (χ1n) is 13.8. The highest BCUT2D eigenvalue weighted by atomic mass is 35.5. The Hall–Kier alpha value is -3.89. The number of benzene rings is 1. The summed E-state index contributed by atoms with van der Waals surface area (Å²) in [6.07, 6.45) is -2.35. The van der Waals surface area contributed by atoms with Crippen molar-refractivity contribution in [2.75, 3.05) is 18.9 Å². The molecule has 0 bridgehead atoms. The van der Waals surface area contributed by atoms with E-state index in [4.69, 9.17) is 37.4 Å². The van der Waals surface area contributed by atoms with Crippen molar-refractivity contribution < 1.29 is 56.5 Å². The molecule has 3 N–H and O–H groups in total. The van der Waals surface area contributed by atoms with Gasteiger partial charge in [-0.2, -0.15) is 0 Å². The number of carbonyl (C=O) groups excluding carboxylic acids is 5. The van der Waals surface area contributed by atoms with Crippen LogP contribution in [-0.2, 0) is 54.6 Å². The molecule has 0 radical (unpaired) electrons. The Labute approximate surface area is 274 Å². The number of carboxylic acids is 1. The van der Waals surface area contributed by atoms with Crippen molar-refractivity contribution in [3.05, 3.63) is 45.1 Å². The maximum atomic E-state index is 13.3. The number of nitrogens with one attached hydrogen (secondary N) is 2. The molecule has 1 aromatic carbocycles. The Balaban J connectivity index is 1.67. The van der Waals surface area contributed by atoms with Gasteiger partial charge in [-0.15, -0.1) is 0 Å². The third-order valence-corrected chi connectivity index (χ3v) is 9.31. The van der Waals surface area contributed by atoms with Gasteiger partial charge in [0.15, 0.2) is 21.3 Å². The topological polar surface area (TPSA) is 212 Å². The molecule has 2 heterocycles. The van der Waals surface area contributed by atoms with E-state index in [1.165, 1.54) is 6.07 Å². The minimum atomic E-state index is -4.25. The highest BCUT2D eigenvalue weighted by Gasteiger charge is 2.61. The summed E-state index contributed by atoms with van der Waals surface area (Å²) in [5.74, 6) is -6.06. The van der Waals surface area contributed by atoms with Crippen LogP contribution in [-0.4, -0.2) is 90.7 Å². The second-order valence-electron chi connectivity index (χ2n) is 11.5. The molecule has 0 spiro atoms. The number of ether oxygens (including phenoxy) is 3. The first-order chi connectivity index (χ1) is 21.3. The van der Waals surface area contributed by atoms with Crippen LogP contribution in [0.5, 0.6) is 0 Å². The Morgan fingerprint density at radius 1 is 1.11 bits per heavy atom. The second-order valence-corrected chi connectivity index (χ2v) is 14.4. The van der Waals surface area contributed by atoms with E-state index in [-0.39, 0.29) is 31.6 Å². The van der Waals surface area contributed by atoms with Crippen LogP contribution >= 0.6 is 23.2 Å². The molecule has 0 unspecified atom stereocenters. The zero-order valence-corrected chi connectivity index (χ0v) is 27.6. The molecule has 3 rings (SSSR count). The van der Waals surface area contributed by atoms with Crippen LogP contribution in [0.4, 0.5) is 4.79 Å². The molecule has 1 fully saturated rings. The number of nitrogens with zero attached hydrogens (tertiary/aromatic N) is 1. The predicted octanol–water partition coefficient (Wildman–Crippen LogP) is 1.94. The first kappa shape index (κ1) is 36.6. The number of hydrogen-bond acceptors (Lipinski definition) is 11. The molecule has 18 heteroatoms. The maximum Gasteiger partial charge on any atom is 0.407 e. The van der Waals surface area contributed by atoms with E-state index in [1.807, 2.05) is 0 Å². The SMILES string of the molecule is CC(=O)OCC1=C(C(=O)O)N2C(=O)[C@H](NC(=O)[C@H](CCCNC(=O)OCc3ccc(Cl)cc3Cl)OC(=O)C(C)(C)C)[C@@H]2S(=O)(=O)C1. The first-order valence-corrected chi connectivity index (χ1v) is 16.3. The molecular weight excluding hydrogens is 673 g/mol. The van der Waals surface area contributed by atoms with Gasteiger partial charge >= 0.3 is 24.0 Å². The Bertz CT molecular complexity index is 1570. The van der Waals surface area contributed by atoms with Crippen molar-refractivity contribution in [3.8, 4) is 0 Å². The predicted molar refractivity (Wildman–Crippen MR) is 161 cm³/mol. The average Bonchev–Trinajstić information content (AvgIpc) is 2.94. The number of amides is 3. The number of sulfone groups is 1. The number of halogens is 2.